The van der Waals surface area contributed by atoms with E-state index in [1.54, 1.807) is 23.1 Å². The molecular weight excluding hydrogens is 312 g/mol. The Morgan fingerprint density at radius 3 is 2.67 bits per heavy atom. The van der Waals surface area contributed by atoms with Gasteiger partial charge >= 0.3 is 0 Å². The normalized spacial score (nSPS) is 16.0. The van der Waals surface area contributed by atoms with Gasteiger partial charge < -0.3 is 20.1 Å². The molecule has 1 aromatic heterocycles. The molecule has 0 saturated carbocycles. The molecule has 1 aliphatic heterocycles. The van der Waals surface area contributed by atoms with Crippen LogP contribution in [0.1, 0.15) is 10.5 Å². The highest BCUT2D eigenvalue weighted by Crippen LogP contribution is 2.09. The molecule has 1 unspecified atom stereocenters. The van der Waals surface area contributed by atoms with Crippen LogP contribution in [0.3, 0.4) is 0 Å². The second-order valence-corrected chi connectivity index (χ2v) is 5.39. The quantitative estimate of drug-likeness (QED) is 0.789. The average molecular weight is 330 g/mol. The zero-order valence-corrected chi connectivity index (χ0v) is 13.0. The van der Waals surface area contributed by atoms with Crippen molar-refractivity contribution < 1.29 is 19.4 Å². The van der Waals surface area contributed by atoms with Crippen molar-refractivity contribution >= 4 is 22.8 Å². The molecular formula is C16H18N4O4. The van der Waals surface area contributed by atoms with E-state index in [1.807, 2.05) is 6.07 Å². The lowest BCUT2D eigenvalue weighted by molar-refractivity contribution is -0.138. The maximum Gasteiger partial charge on any atom is 0.272 e. The molecule has 1 saturated heterocycles. The summed E-state index contributed by atoms with van der Waals surface area (Å²) in [6.45, 7) is 1.31. The minimum absolute atomic E-state index is 0.0990. The van der Waals surface area contributed by atoms with Crippen LogP contribution in [-0.2, 0) is 9.53 Å². The first-order chi connectivity index (χ1) is 11.7. The van der Waals surface area contributed by atoms with Crippen molar-refractivity contribution in [3.8, 4) is 0 Å². The first kappa shape index (κ1) is 16.3. The van der Waals surface area contributed by atoms with Gasteiger partial charge in [-0.1, -0.05) is 12.1 Å². The number of nitrogens with zero attached hydrogens (tertiary/aromatic N) is 3. The second kappa shape index (κ2) is 7.33. The summed E-state index contributed by atoms with van der Waals surface area (Å²) in [5.41, 5.74) is 1.37. The van der Waals surface area contributed by atoms with Crippen molar-refractivity contribution in [2.24, 2.45) is 0 Å². The summed E-state index contributed by atoms with van der Waals surface area (Å²) in [4.78, 5) is 34.7. The molecule has 1 atom stereocenters. The summed E-state index contributed by atoms with van der Waals surface area (Å²) in [7, 11) is 0. The molecule has 1 aliphatic rings. The van der Waals surface area contributed by atoms with Crippen molar-refractivity contribution in [3.05, 3.63) is 36.2 Å². The second-order valence-electron chi connectivity index (χ2n) is 5.39. The van der Waals surface area contributed by atoms with Gasteiger partial charge in [-0.15, -0.1) is 0 Å². The first-order valence-electron chi connectivity index (χ1n) is 7.69. The Balaban J connectivity index is 1.71. The highest BCUT2D eigenvalue weighted by atomic mass is 16.5. The number of aliphatic hydroxyl groups excluding tert-OH is 1. The van der Waals surface area contributed by atoms with Gasteiger partial charge in [0.15, 0.2) is 0 Å². The molecule has 1 fully saturated rings. The molecule has 2 aromatic rings. The number of hydrogen-bond acceptors (Lipinski definition) is 6. The van der Waals surface area contributed by atoms with Crippen molar-refractivity contribution in [1.82, 2.24) is 20.2 Å². The third-order valence-electron chi connectivity index (χ3n) is 3.79. The molecule has 0 spiro atoms. The van der Waals surface area contributed by atoms with Crippen molar-refractivity contribution in [2.75, 3.05) is 32.9 Å². The highest BCUT2D eigenvalue weighted by molar-refractivity contribution is 5.97. The molecule has 0 bridgehead atoms. The number of carbonyl (C=O) groups is 2. The van der Waals surface area contributed by atoms with Crippen LogP contribution in [0.15, 0.2) is 30.5 Å². The van der Waals surface area contributed by atoms with Crippen molar-refractivity contribution in [1.29, 1.82) is 0 Å². The highest BCUT2D eigenvalue weighted by Gasteiger charge is 2.27. The lowest BCUT2D eigenvalue weighted by atomic mass is 10.2. The molecule has 0 radical (unpaired) electrons. The van der Waals surface area contributed by atoms with Gasteiger partial charge in [-0.25, -0.2) is 4.98 Å². The fraction of sp³-hybridized carbons (Fsp3) is 0.375. The monoisotopic (exact) mass is 330 g/mol. The summed E-state index contributed by atoms with van der Waals surface area (Å²) in [6.07, 6.45) is 1.35. The van der Waals surface area contributed by atoms with Gasteiger partial charge in [-0.2, -0.15) is 0 Å². The summed E-state index contributed by atoms with van der Waals surface area (Å²) in [6, 6.07) is 6.17. The zero-order chi connectivity index (χ0) is 16.9. The van der Waals surface area contributed by atoms with E-state index in [4.69, 9.17) is 4.74 Å². The summed E-state index contributed by atoms with van der Waals surface area (Å²) in [5.74, 6) is -0.878. The maximum atomic E-state index is 12.4. The number of aliphatic hydroxyl groups is 1. The number of nitrogens with one attached hydrogen (secondary N) is 1. The smallest absolute Gasteiger partial charge is 0.272 e. The van der Waals surface area contributed by atoms with Gasteiger partial charge in [-0.05, 0) is 12.1 Å². The average Bonchev–Trinajstić information content (AvgIpc) is 2.65. The number of hydrogen-bond donors (Lipinski definition) is 2. The molecule has 126 valence electrons. The fourth-order valence-corrected chi connectivity index (χ4v) is 2.49. The van der Waals surface area contributed by atoms with Crippen molar-refractivity contribution in [3.63, 3.8) is 0 Å². The van der Waals surface area contributed by atoms with Gasteiger partial charge in [0.2, 0.25) is 5.91 Å². The molecule has 8 nitrogen and oxygen atoms in total. The third kappa shape index (κ3) is 3.50. The molecule has 2 heterocycles. The number of benzene rings is 1. The van der Waals surface area contributed by atoms with Gasteiger partial charge in [0, 0.05) is 13.1 Å². The Labute approximate surface area is 138 Å². The predicted octanol–water partition coefficient (Wildman–Crippen LogP) is -0.421. The number of morpholine rings is 1. The number of ether oxygens (including phenoxy) is 1. The van der Waals surface area contributed by atoms with E-state index in [9.17, 15) is 14.7 Å². The van der Waals surface area contributed by atoms with Gasteiger partial charge in [0.1, 0.15) is 11.7 Å². The largest absolute Gasteiger partial charge is 0.394 e. The van der Waals surface area contributed by atoms with Gasteiger partial charge in [0.25, 0.3) is 5.91 Å². The maximum absolute atomic E-state index is 12.4. The van der Waals surface area contributed by atoms with Crippen LogP contribution in [0.4, 0.5) is 0 Å². The lowest BCUT2D eigenvalue weighted by Crippen LogP contribution is -2.53. The minimum Gasteiger partial charge on any atom is -0.394 e. The van der Waals surface area contributed by atoms with E-state index in [2.05, 4.69) is 15.3 Å². The summed E-state index contributed by atoms with van der Waals surface area (Å²) >= 11 is 0. The number of fused-ring (bicyclic) bond motifs is 1. The molecule has 1 aromatic carbocycles. The Morgan fingerprint density at radius 1 is 1.25 bits per heavy atom. The van der Waals surface area contributed by atoms with Crippen LogP contribution < -0.4 is 5.32 Å². The van der Waals surface area contributed by atoms with Crippen LogP contribution in [0.25, 0.3) is 11.0 Å². The first-order valence-corrected chi connectivity index (χ1v) is 7.69. The summed E-state index contributed by atoms with van der Waals surface area (Å²) < 4.78 is 5.19. The fourth-order valence-electron chi connectivity index (χ4n) is 2.49. The van der Waals surface area contributed by atoms with Crippen LogP contribution in [-0.4, -0.2) is 70.7 Å². The minimum atomic E-state index is -1.01. The van der Waals surface area contributed by atoms with Gasteiger partial charge in [-0.3, -0.25) is 14.6 Å². The third-order valence-corrected chi connectivity index (χ3v) is 3.79. The van der Waals surface area contributed by atoms with Crippen LogP contribution in [0.2, 0.25) is 0 Å². The molecule has 3 rings (SSSR count). The predicted molar refractivity (Wildman–Crippen MR) is 85.3 cm³/mol. The van der Waals surface area contributed by atoms with Crippen LogP contribution in [0.5, 0.6) is 0 Å². The Bertz CT molecular complexity index is 746. The van der Waals surface area contributed by atoms with Crippen LogP contribution in [0, 0.1) is 0 Å². The van der Waals surface area contributed by atoms with Crippen LogP contribution >= 0.6 is 0 Å². The lowest BCUT2D eigenvalue weighted by Gasteiger charge is -2.30. The molecule has 2 amide bonds. The summed E-state index contributed by atoms with van der Waals surface area (Å²) in [5, 5.41) is 12.0. The Hall–Kier alpha value is -2.58. The van der Waals surface area contributed by atoms with E-state index in [0.717, 1.165) is 0 Å². The number of aromatic nitrogens is 2. The Morgan fingerprint density at radius 2 is 1.96 bits per heavy atom. The molecule has 8 heteroatoms. The number of para-hydroxylation sites is 2. The number of amides is 2. The topological polar surface area (TPSA) is 105 Å². The standard InChI is InChI=1S/C16H18N4O4/c21-10-14(16(23)20-5-7-24-8-6-20)19-15(22)13-9-17-11-3-1-2-4-12(11)18-13/h1-4,9,14,21H,5-8,10H2,(H,19,22). The van der Waals surface area contributed by atoms with E-state index in [1.165, 1.54) is 6.20 Å². The van der Waals surface area contributed by atoms with Gasteiger partial charge in [0.05, 0.1) is 37.1 Å². The zero-order valence-electron chi connectivity index (χ0n) is 13.0. The van der Waals surface area contributed by atoms with E-state index in [-0.39, 0.29) is 11.6 Å². The number of carbonyl (C=O) groups excluding carboxylic acids is 2. The molecule has 0 aliphatic carbocycles. The SMILES string of the molecule is O=C(NC(CO)C(=O)N1CCOCC1)c1cnc2ccccc2n1. The van der Waals surface area contributed by atoms with E-state index in [0.29, 0.717) is 37.3 Å². The molecule has 24 heavy (non-hydrogen) atoms. The molecule has 2 N–H and O–H groups in total. The Kier molecular flexibility index (Phi) is 4.97. The van der Waals surface area contributed by atoms with E-state index < -0.39 is 18.6 Å². The van der Waals surface area contributed by atoms with Crippen molar-refractivity contribution in [2.45, 2.75) is 6.04 Å². The number of rotatable bonds is 4. The van der Waals surface area contributed by atoms with E-state index >= 15 is 0 Å².